The van der Waals surface area contributed by atoms with Crippen LogP contribution in [0.2, 0.25) is 5.15 Å². The summed E-state index contributed by atoms with van der Waals surface area (Å²) in [6.07, 6.45) is 2.18. The summed E-state index contributed by atoms with van der Waals surface area (Å²) in [5.74, 6) is 3.10. The molecular weight excluding hydrogens is 324 g/mol. The molecule has 1 heterocycles. The van der Waals surface area contributed by atoms with Crippen LogP contribution in [-0.2, 0) is 13.6 Å². The molecule has 0 saturated heterocycles. The summed E-state index contributed by atoms with van der Waals surface area (Å²) in [6, 6.07) is 8.00. The van der Waals surface area contributed by atoms with Crippen LogP contribution in [0.5, 0.6) is 11.5 Å². The molecular formula is C19H27ClN2O2. The highest BCUT2D eigenvalue weighted by atomic mass is 35.5. The summed E-state index contributed by atoms with van der Waals surface area (Å²) < 4.78 is 12.7. The monoisotopic (exact) mass is 350 g/mol. The molecule has 0 unspecified atom stereocenters. The maximum Gasteiger partial charge on any atom is 0.127 e. The number of rotatable bonds is 8. The van der Waals surface area contributed by atoms with Crippen LogP contribution < -0.4 is 14.8 Å². The van der Waals surface area contributed by atoms with E-state index in [1.807, 2.05) is 29.8 Å². The van der Waals surface area contributed by atoms with Crippen LogP contribution in [-0.4, -0.2) is 18.8 Å². The van der Waals surface area contributed by atoms with E-state index in [0.29, 0.717) is 12.5 Å². The minimum Gasteiger partial charge on any atom is -0.497 e. The van der Waals surface area contributed by atoms with E-state index in [0.717, 1.165) is 40.9 Å². The molecule has 24 heavy (non-hydrogen) atoms. The van der Waals surface area contributed by atoms with Crippen molar-refractivity contribution in [3.8, 4) is 11.5 Å². The lowest BCUT2D eigenvalue weighted by Gasteiger charge is -2.12. The van der Waals surface area contributed by atoms with Gasteiger partial charge in [-0.15, -0.1) is 0 Å². The van der Waals surface area contributed by atoms with E-state index in [1.165, 1.54) is 5.56 Å². The lowest BCUT2D eigenvalue weighted by atomic mass is 9.96. The van der Waals surface area contributed by atoms with Crippen molar-refractivity contribution in [2.24, 2.45) is 7.05 Å². The highest BCUT2D eigenvalue weighted by molar-refractivity contribution is 6.30. The van der Waals surface area contributed by atoms with Crippen LogP contribution in [0.4, 0.5) is 5.82 Å². The molecule has 1 aromatic carbocycles. The van der Waals surface area contributed by atoms with Gasteiger partial charge < -0.3 is 19.4 Å². The maximum atomic E-state index is 6.53. The molecule has 1 aromatic heterocycles. The highest BCUT2D eigenvalue weighted by Crippen LogP contribution is 2.34. The summed E-state index contributed by atoms with van der Waals surface area (Å²) in [5.41, 5.74) is 2.29. The van der Waals surface area contributed by atoms with E-state index in [4.69, 9.17) is 21.1 Å². The number of halogens is 1. The van der Waals surface area contributed by atoms with Gasteiger partial charge in [-0.1, -0.05) is 25.4 Å². The first kappa shape index (κ1) is 18.5. The molecule has 2 rings (SSSR count). The first-order valence-corrected chi connectivity index (χ1v) is 8.73. The molecule has 0 atom stereocenters. The van der Waals surface area contributed by atoms with E-state index < -0.39 is 0 Å². The standard InChI is InChI=1S/C19H27ClN2O2/c1-6-13(7-2)16-11-18(22(3)19(16)20)21-12-14-8-9-15(23-4)10-17(14)24-5/h8-11,13,21H,6-7,12H2,1-5H3. The smallest absolute Gasteiger partial charge is 0.127 e. The fourth-order valence-corrected chi connectivity index (χ4v) is 3.27. The molecule has 0 aliphatic rings. The quantitative estimate of drug-likeness (QED) is 0.709. The van der Waals surface area contributed by atoms with Crippen molar-refractivity contribution in [2.45, 2.75) is 39.2 Å². The second-order valence-electron chi connectivity index (χ2n) is 5.88. The molecule has 0 radical (unpaired) electrons. The molecule has 0 aliphatic heterocycles. The van der Waals surface area contributed by atoms with Crippen molar-refractivity contribution in [1.82, 2.24) is 4.57 Å². The Morgan fingerprint density at radius 1 is 1.12 bits per heavy atom. The first-order valence-electron chi connectivity index (χ1n) is 8.35. The molecule has 0 saturated carbocycles. The fraction of sp³-hybridized carbons (Fsp3) is 0.474. The predicted octanol–water partition coefficient (Wildman–Crippen LogP) is 5.21. The molecule has 0 bridgehead atoms. The molecule has 0 aliphatic carbocycles. The lowest BCUT2D eigenvalue weighted by Crippen LogP contribution is -2.05. The highest BCUT2D eigenvalue weighted by Gasteiger charge is 2.17. The molecule has 0 fully saturated rings. The van der Waals surface area contributed by atoms with E-state index >= 15 is 0 Å². The number of nitrogens with zero attached hydrogens (tertiary/aromatic N) is 1. The Kier molecular flexibility index (Phi) is 6.44. The first-order chi connectivity index (χ1) is 11.5. The minimum absolute atomic E-state index is 0.495. The number of hydrogen-bond acceptors (Lipinski definition) is 3. The number of hydrogen-bond donors (Lipinski definition) is 1. The Balaban J connectivity index is 2.19. The van der Waals surface area contributed by atoms with Gasteiger partial charge in [-0.05, 0) is 42.5 Å². The Labute approximate surface area is 149 Å². The van der Waals surface area contributed by atoms with Gasteiger partial charge in [0.2, 0.25) is 0 Å². The van der Waals surface area contributed by atoms with Crippen LogP contribution >= 0.6 is 11.6 Å². The lowest BCUT2D eigenvalue weighted by molar-refractivity contribution is 0.391. The van der Waals surface area contributed by atoms with E-state index in [-0.39, 0.29) is 0 Å². The zero-order valence-electron chi connectivity index (χ0n) is 15.1. The van der Waals surface area contributed by atoms with Crippen LogP contribution in [0.15, 0.2) is 24.3 Å². The summed E-state index contributed by atoms with van der Waals surface area (Å²) in [7, 11) is 5.31. The van der Waals surface area contributed by atoms with Crippen molar-refractivity contribution in [2.75, 3.05) is 19.5 Å². The number of methoxy groups -OCH3 is 2. The molecule has 132 valence electrons. The maximum absolute atomic E-state index is 6.53. The number of anilines is 1. The summed E-state index contributed by atoms with van der Waals surface area (Å²) in [5, 5.41) is 4.28. The zero-order chi connectivity index (χ0) is 17.7. The van der Waals surface area contributed by atoms with Gasteiger partial charge in [0.1, 0.15) is 22.5 Å². The van der Waals surface area contributed by atoms with Gasteiger partial charge >= 0.3 is 0 Å². The number of ether oxygens (including phenoxy) is 2. The van der Waals surface area contributed by atoms with Gasteiger partial charge in [-0.2, -0.15) is 0 Å². The normalized spacial score (nSPS) is 11.0. The number of benzene rings is 1. The van der Waals surface area contributed by atoms with Crippen molar-refractivity contribution < 1.29 is 9.47 Å². The predicted molar refractivity (Wildman–Crippen MR) is 101 cm³/mol. The minimum atomic E-state index is 0.495. The Morgan fingerprint density at radius 2 is 1.83 bits per heavy atom. The molecule has 0 spiro atoms. The van der Waals surface area contributed by atoms with Crippen LogP contribution in [0, 0.1) is 0 Å². The van der Waals surface area contributed by atoms with Gasteiger partial charge in [0.05, 0.1) is 14.2 Å². The summed E-state index contributed by atoms with van der Waals surface area (Å²) >= 11 is 6.53. The summed E-state index contributed by atoms with van der Waals surface area (Å²) in [6.45, 7) is 5.06. The van der Waals surface area contributed by atoms with Gasteiger partial charge in [0.25, 0.3) is 0 Å². The molecule has 1 N–H and O–H groups in total. The second kappa shape index (κ2) is 8.34. The third kappa shape index (κ3) is 3.81. The zero-order valence-corrected chi connectivity index (χ0v) is 15.9. The largest absolute Gasteiger partial charge is 0.497 e. The SMILES string of the molecule is CCC(CC)c1cc(NCc2ccc(OC)cc2OC)n(C)c1Cl. The Bertz CT molecular complexity index is 678. The molecule has 5 heteroatoms. The Morgan fingerprint density at radius 3 is 2.42 bits per heavy atom. The topological polar surface area (TPSA) is 35.4 Å². The van der Waals surface area contributed by atoms with Gasteiger partial charge in [-0.3, -0.25) is 0 Å². The van der Waals surface area contributed by atoms with Crippen LogP contribution in [0.3, 0.4) is 0 Å². The van der Waals surface area contributed by atoms with Gasteiger partial charge in [0.15, 0.2) is 0 Å². The van der Waals surface area contributed by atoms with Gasteiger partial charge in [0, 0.05) is 25.2 Å². The van der Waals surface area contributed by atoms with Crippen LogP contribution in [0.25, 0.3) is 0 Å². The Hall–Kier alpha value is -1.81. The second-order valence-corrected chi connectivity index (χ2v) is 6.24. The van der Waals surface area contributed by atoms with Crippen molar-refractivity contribution in [3.05, 3.63) is 40.5 Å². The van der Waals surface area contributed by atoms with E-state index in [1.54, 1.807) is 14.2 Å². The number of aromatic nitrogens is 1. The van der Waals surface area contributed by atoms with Crippen molar-refractivity contribution in [3.63, 3.8) is 0 Å². The number of nitrogens with one attached hydrogen (secondary N) is 1. The third-order valence-electron chi connectivity index (χ3n) is 4.57. The average molecular weight is 351 g/mol. The van der Waals surface area contributed by atoms with Crippen molar-refractivity contribution >= 4 is 17.4 Å². The third-order valence-corrected chi connectivity index (χ3v) is 5.04. The fourth-order valence-electron chi connectivity index (χ4n) is 2.97. The van der Waals surface area contributed by atoms with E-state index in [9.17, 15) is 0 Å². The average Bonchev–Trinajstić information content (AvgIpc) is 2.89. The molecule has 4 nitrogen and oxygen atoms in total. The van der Waals surface area contributed by atoms with Gasteiger partial charge in [-0.25, -0.2) is 0 Å². The summed E-state index contributed by atoms with van der Waals surface area (Å²) in [4.78, 5) is 0. The molecule has 0 amide bonds. The van der Waals surface area contributed by atoms with Crippen LogP contribution in [0.1, 0.15) is 43.7 Å². The van der Waals surface area contributed by atoms with Crippen molar-refractivity contribution in [1.29, 1.82) is 0 Å². The van der Waals surface area contributed by atoms with E-state index in [2.05, 4.69) is 25.2 Å². The molecule has 2 aromatic rings.